The van der Waals surface area contributed by atoms with Crippen LogP contribution in [0, 0.1) is 6.92 Å². The molecular weight excluding hydrogens is 438 g/mol. The normalized spacial score (nSPS) is 18.3. The van der Waals surface area contributed by atoms with Crippen molar-refractivity contribution < 1.29 is 24.6 Å². The third-order valence-corrected chi connectivity index (χ3v) is 5.37. The van der Waals surface area contributed by atoms with E-state index in [0.29, 0.717) is 11.1 Å². The van der Waals surface area contributed by atoms with Crippen LogP contribution in [0.5, 0.6) is 0 Å². The molecule has 2 aromatic rings. The summed E-state index contributed by atoms with van der Waals surface area (Å²) in [5.41, 5.74) is 2.12. The number of carbonyl (C=O) groups excluding carboxylic acids is 2. The Labute approximate surface area is 176 Å². The third kappa shape index (κ3) is 4.40. The van der Waals surface area contributed by atoms with Crippen LogP contribution in [-0.2, 0) is 14.4 Å². The molecule has 0 radical (unpaired) electrons. The van der Waals surface area contributed by atoms with Crippen LogP contribution < -0.4 is 0 Å². The molecule has 29 heavy (non-hydrogen) atoms. The second-order valence-electron chi connectivity index (χ2n) is 6.91. The first-order chi connectivity index (χ1) is 13.8. The Hall–Kier alpha value is -2.93. The van der Waals surface area contributed by atoms with Gasteiger partial charge < -0.3 is 15.1 Å². The third-order valence-electron chi connectivity index (χ3n) is 4.84. The average Bonchev–Trinajstić information content (AvgIpc) is 2.93. The highest BCUT2D eigenvalue weighted by molar-refractivity contribution is 9.10. The van der Waals surface area contributed by atoms with E-state index in [0.717, 1.165) is 10.0 Å². The molecule has 1 heterocycles. The predicted octanol–water partition coefficient (Wildman–Crippen LogP) is 4.04. The fourth-order valence-electron chi connectivity index (χ4n) is 3.37. The van der Waals surface area contributed by atoms with Crippen molar-refractivity contribution in [2.24, 2.45) is 0 Å². The number of carbonyl (C=O) groups is 3. The number of aryl methyl sites for hydroxylation is 1. The minimum atomic E-state index is -0.971. The molecule has 1 aliphatic rings. The Kier molecular flexibility index (Phi) is 6.17. The van der Waals surface area contributed by atoms with Gasteiger partial charge in [0.25, 0.3) is 11.7 Å². The van der Waals surface area contributed by atoms with E-state index in [9.17, 15) is 19.5 Å². The number of ketones is 1. The monoisotopic (exact) mass is 457 g/mol. The molecule has 2 aromatic carbocycles. The number of benzene rings is 2. The highest BCUT2D eigenvalue weighted by atomic mass is 79.9. The molecule has 1 aliphatic heterocycles. The van der Waals surface area contributed by atoms with Crippen LogP contribution in [0.4, 0.5) is 0 Å². The molecule has 0 spiro atoms. The van der Waals surface area contributed by atoms with Crippen molar-refractivity contribution in [3.05, 3.63) is 75.3 Å². The van der Waals surface area contributed by atoms with Gasteiger partial charge in [-0.2, -0.15) is 0 Å². The Morgan fingerprint density at radius 1 is 1.03 bits per heavy atom. The summed E-state index contributed by atoms with van der Waals surface area (Å²) in [5.74, 6) is -2.72. The summed E-state index contributed by atoms with van der Waals surface area (Å²) >= 11 is 3.36. The molecular formula is C22H20BrNO5. The van der Waals surface area contributed by atoms with Crippen molar-refractivity contribution in [3.8, 4) is 0 Å². The summed E-state index contributed by atoms with van der Waals surface area (Å²) in [6.45, 7) is 2.01. The van der Waals surface area contributed by atoms with E-state index >= 15 is 0 Å². The standard InChI is InChI=1S/C22H20BrNO5/c1-13-4-6-15(7-5-13)20(27)18-19(14-8-10-16(23)11-9-14)24(22(29)21(18)28)12-2-3-17(25)26/h4-11,19,27H,2-3,12H2,1H3,(H,25,26)/t19-/m1/s1. The van der Waals surface area contributed by atoms with Crippen LogP contribution in [0.1, 0.15) is 35.6 Å². The number of rotatable bonds is 6. The van der Waals surface area contributed by atoms with Gasteiger partial charge in [0.05, 0.1) is 11.6 Å². The fraction of sp³-hybridized carbons (Fsp3) is 0.227. The van der Waals surface area contributed by atoms with Crippen molar-refractivity contribution >= 4 is 39.3 Å². The molecule has 0 unspecified atom stereocenters. The van der Waals surface area contributed by atoms with E-state index in [-0.39, 0.29) is 30.7 Å². The predicted molar refractivity (Wildman–Crippen MR) is 111 cm³/mol. The largest absolute Gasteiger partial charge is 0.507 e. The van der Waals surface area contributed by atoms with Gasteiger partial charge in [-0.15, -0.1) is 0 Å². The topological polar surface area (TPSA) is 94.9 Å². The van der Waals surface area contributed by atoms with Gasteiger partial charge in [-0.25, -0.2) is 0 Å². The Morgan fingerprint density at radius 3 is 2.24 bits per heavy atom. The number of aliphatic carboxylic acids is 1. The van der Waals surface area contributed by atoms with Crippen molar-refractivity contribution in [1.29, 1.82) is 0 Å². The van der Waals surface area contributed by atoms with Crippen molar-refractivity contribution in [3.63, 3.8) is 0 Å². The molecule has 0 bridgehead atoms. The number of likely N-dealkylation sites (tertiary alicyclic amines) is 1. The number of aliphatic hydroxyl groups is 1. The second kappa shape index (κ2) is 8.61. The number of hydrogen-bond donors (Lipinski definition) is 2. The minimum absolute atomic E-state index is 0.0106. The Bertz CT molecular complexity index is 979. The lowest BCUT2D eigenvalue weighted by Crippen LogP contribution is -2.31. The van der Waals surface area contributed by atoms with E-state index in [1.807, 2.05) is 19.1 Å². The van der Waals surface area contributed by atoms with Crippen LogP contribution in [0.2, 0.25) is 0 Å². The summed E-state index contributed by atoms with van der Waals surface area (Å²) < 4.78 is 0.836. The molecule has 0 aromatic heterocycles. The highest BCUT2D eigenvalue weighted by Crippen LogP contribution is 2.39. The van der Waals surface area contributed by atoms with E-state index in [2.05, 4.69) is 15.9 Å². The highest BCUT2D eigenvalue weighted by Gasteiger charge is 2.45. The van der Waals surface area contributed by atoms with Gasteiger partial charge in [0, 0.05) is 23.0 Å². The molecule has 0 aliphatic carbocycles. The van der Waals surface area contributed by atoms with Gasteiger partial charge in [-0.05, 0) is 31.0 Å². The molecule has 0 saturated carbocycles. The molecule has 1 amide bonds. The van der Waals surface area contributed by atoms with E-state index in [4.69, 9.17) is 5.11 Å². The lowest BCUT2D eigenvalue weighted by Gasteiger charge is -2.25. The van der Waals surface area contributed by atoms with Crippen molar-refractivity contribution in [2.45, 2.75) is 25.8 Å². The van der Waals surface area contributed by atoms with Crippen LogP contribution >= 0.6 is 15.9 Å². The SMILES string of the molecule is Cc1ccc(C(O)=C2C(=O)C(=O)N(CCCC(=O)O)[C@@H]2c2ccc(Br)cc2)cc1. The molecule has 6 nitrogen and oxygen atoms in total. The average molecular weight is 458 g/mol. The zero-order chi connectivity index (χ0) is 21.1. The van der Waals surface area contributed by atoms with E-state index in [1.54, 1.807) is 36.4 Å². The van der Waals surface area contributed by atoms with Crippen LogP contribution in [0.3, 0.4) is 0 Å². The zero-order valence-corrected chi connectivity index (χ0v) is 17.3. The quantitative estimate of drug-likeness (QED) is 0.387. The van der Waals surface area contributed by atoms with Gasteiger partial charge in [-0.3, -0.25) is 14.4 Å². The summed E-state index contributed by atoms with van der Waals surface area (Å²) in [7, 11) is 0. The first kappa shape index (κ1) is 20.8. The lowest BCUT2D eigenvalue weighted by molar-refractivity contribution is -0.140. The summed E-state index contributed by atoms with van der Waals surface area (Å²) in [5, 5.41) is 19.8. The van der Waals surface area contributed by atoms with Crippen molar-refractivity contribution in [2.75, 3.05) is 6.54 Å². The first-order valence-electron chi connectivity index (χ1n) is 9.12. The second-order valence-corrected chi connectivity index (χ2v) is 7.82. The molecule has 150 valence electrons. The van der Waals surface area contributed by atoms with Gasteiger partial charge in [0.15, 0.2) is 0 Å². The number of halogens is 1. The minimum Gasteiger partial charge on any atom is -0.507 e. The summed E-state index contributed by atoms with van der Waals surface area (Å²) in [4.78, 5) is 37.7. The first-order valence-corrected chi connectivity index (χ1v) is 9.91. The number of carboxylic acid groups (broad SMARTS) is 1. The van der Waals surface area contributed by atoms with Gasteiger partial charge in [-0.1, -0.05) is 57.9 Å². The molecule has 1 atom stereocenters. The maximum Gasteiger partial charge on any atom is 0.303 e. The smallest absolute Gasteiger partial charge is 0.303 e. The zero-order valence-electron chi connectivity index (χ0n) is 15.8. The van der Waals surface area contributed by atoms with E-state index < -0.39 is 23.7 Å². The van der Waals surface area contributed by atoms with Crippen molar-refractivity contribution in [1.82, 2.24) is 4.90 Å². The maximum absolute atomic E-state index is 12.8. The maximum atomic E-state index is 12.8. The van der Waals surface area contributed by atoms with Crippen LogP contribution in [0.25, 0.3) is 5.76 Å². The molecule has 3 rings (SSSR count). The molecule has 2 N–H and O–H groups in total. The number of aliphatic hydroxyl groups excluding tert-OH is 1. The number of carboxylic acids is 1. The van der Waals surface area contributed by atoms with Gasteiger partial charge in [0.2, 0.25) is 0 Å². The Balaban J connectivity index is 2.08. The fourth-order valence-corrected chi connectivity index (χ4v) is 3.63. The molecule has 1 saturated heterocycles. The van der Waals surface area contributed by atoms with Crippen LogP contribution in [0.15, 0.2) is 58.6 Å². The molecule has 7 heteroatoms. The number of Topliss-reactive ketones (excluding diaryl/α,β-unsaturated/α-hetero) is 1. The summed E-state index contributed by atoms with van der Waals surface area (Å²) in [6, 6.07) is 13.4. The van der Waals surface area contributed by atoms with E-state index in [1.165, 1.54) is 4.90 Å². The van der Waals surface area contributed by atoms with Gasteiger partial charge >= 0.3 is 5.97 Å². The molecule has 1 fully saturated rings. The number of amides is 1. The Morgan fingerprint density at radius 2 is 1.66 bits per heavy atom. The lowest BCUT2D eigenvalue weighted by atomic mass is 9.95. The number of nitrogens with zero attached hydrogens (tertiary/aromatic N) is 1. The van der Waals surface area contributed by atoms with Gasteiger partial charge in [0.1, 0.15) is 5.76 Å². The number of hydrogen-bond acceptors (Lipinski definition) is 4. The summed E-state index contributed by atoms with van der Waals surface area (Å²) in [6.07, 6.45) is 0.0912. The van der Waals surface area contributed by atoms with Crippen LogP contribution in [-0.4, -0.2) is 39.3 Å².